The average Bonchev–Trinajstić information content (AvgIpc) is 2.24. The van der Waals surface area contributed by atoms with Crippen LogP contribution in [0.3, 0.4) is 0 Å². The van der Waals surface area contributed by atoms with Crippen LogP contribution in [0.4, 0.5) is 5.82 Å². The van der Waals surface area contributed by atoms with Crippen LogP contribution in [0.1, 0.15) is 16.8 Å². The Labute approximate surface area is 94.3 Å². The lowest BCUT2D eigenvalue weighted by molar-refractivity contribution is 0.0697. The molecule has 0 aliphatic carbocycles. The molecule has 0 aliphatic heterocycles. The van der Waals surface area contributed by atoms with Crippen LogP contribution in [-0.2, 0) is 0 Å². The highest BCUT2D eigenvalue weighted by Crippen LogP contribution is 2.09. The highest BCUT2D eigenvalue weighted by atomic mass is 16.4. The van der Waals surface area contributed by atoms with E-state index in [9.17, 15) is 4.79 Å². The van der Waals surface area contributed by atoms with E-state index in [0.29, 0.717) is 12.4 Å². The van der Waals surface area contributed by atoms with Crippen molar-refractivity contribution in [3.8, 4) is 0 Å². The van der Waals surface area contributed by atoms with Gasteiger partial charge in [-0.25, -0.2) is 14.8 Å². The van der Waals surface area contributed by atoms with Gasteiger partial charge in [-0.1, -0.05) is 0 Å². The van der Waals surface area contributed by atoms with Crippen LogP contribution in [0.2, 0.25) is 0 Å². The highest BCUT2D eigenvalue weighted by molar-refractivity contribution is 5.92. The zero-order chi connectivity index (χ0) is 12.0. The fourth-order valence-electron chi connectivity index (χ4n) is 1.23. The van der Waals surface area contributed by atoms with Crippen molar-refractivity contribution in [1.82, 2.24) is 14.9 Å². The van der Waals surface area contributed by atoms with Gasteiger partial charge in [0, 0.05) is 12.7 Å². The third-order valence-corrected chi connectivity index (χ3v) is 2.02. The largest absolute Gasteiger partial charge is 0.477 e. The molecule has 88 valence electrons. The molecule has 0 amide bonds. The van der Waals surface area contributed by atoms with Gasteiger partial charge in [-0.2, -0.15) is 0 Å². The van der Waals surface area contributed by atoms with Gasteiger partial charge < -0.3 is 15.3 Å². The minimum Gasteiger partial charge on any atom is -0.477 e. The Morgan fingerprint density at radius 3 is 2.94 bits per heavy atom. The van der Waals surface area contributed by atoms with Crippen molar-refractivity contribution in [2.75, 3.05) is 32.5 Å². The Morgan fingerprint density at radius 1 is 1.56 bits per heavy atom. The molecule has 1 aromatic heterocycles. The molecule has 6 heteroatoms. The minimum atomic E-state index is -1.02. The van der Waals surface area contributed by atoms with Crippen molar-refractivity contribution in [2.45, 2.75) is 6.42 Å². The molecule has 6 nitrogen and oxygen atoms in total. The van der Waals surface area contributed by atoms with Crippen LogP contribution in [-0.4, -0.2) is 53.1 Å². The molecule has 0 aromatic carbocycles. The summed E-state index contributed by atoms with van der Waals surface area (Å²) in [7, 11) is 3.99. The maximum absolute atomic E-state index is 10.8. The minimum absolute atomic E-state index is 0.104. The zero-order valence-electron chi connectivity index (χ0n) is 9.47. The number of aromatic nitrogens is 2. The first-order chi connectivity index (χ1) is 7.61. The standard InChI is InChI=1S/C10H16N4O2/c1-14(2)5-3-4-12-9-8(10(15)16)6-11-7-13-9/h6-7H,3-5H2,1-2H3,(H,15,16)(H,11,12,13). The predicted octanol–water partition coefficient (Wildman–Crippen LogP) is 0.538. The van der Waals surface area contributed by atoms with Gasteiger partial charge in [0.15, 0.2) is 0 Å². The van der Waals surface area contributed by atoms with Crippen molar-refractivity contribution in [2.24, 2.45) is 0 Å². The van der Waals surface area contributed by atoms with E-state index in [1.165, 1.54) is 12.5 Å². The number of anilines is 1. The van der Waals surface area contributed by atoms with Crippen molar-refractivity contribution < 1.29 is 9.90 Å². The molecule has 1 heterocycles. The van der Waals surface area contributed by atoms with E-state index in [-0.39, 0.29) is 5.56 Å². The molecular weight excluding hydrogens is 208 g/mol. The van der Waals surface area contributed by atoms with Crippen molar-refractivity contribution in [3.63, 3.8) is 0 Å². The maximum Gasteiger partial charge on any atom is 0.341 e. The summed E-state index contributed by atoms with van der Waals surface area (Å²) < 4.78 is 0. The maximum atomic E-state index is 10.8. The van der Waals surface area contributed by atoms with E-state index in [1.807, 2.05) is 14.1 Å². The second-order valence-electron chi connectivity index (χ2n) is 3.67. The smallest absolute Gasteiger partial charge is 0.341 e. The summed E-state index contributed by atoms with van der Waals surface area (Å²) in [6, 6.07) is 0. The number of hydrogen-bond acceptors (Lipinski definition) is 5. The first kappa shape index (κ1) is 12.4. The second-order valence-corrected chi connectivity index (χ2v) is 3.67. The molecule has 0 radical (unpaired) electrons. The molecule has 0 unspecified atom stereocenters. The summed E-state index contributed by atoms with van der Waals surface area (Å²) in [5, 5.41) is 11.9. The molecule has 0 atom stereocenters. The van der Waals surface area contributed by atoms with E-state index in [1.54, 1.807) is 0 Å². The third-order valence-electron chi connectivity index (χ3n) is 2.02. The van der Waals surface area contributed by atoms with Crippen molar-refractivity contribution in [1.29, 1.82) is 0 Å². The van der Waals surface area contributed by atoms with E-state index in [0.717, 1.165) is 13.0 Å². The third kappa shape index (κ3) is 3.82. The Balaban J connectivity index is 2.50. The van der Waals surface area contributed by atoms with Gasteiger partial charge in [0.2, 0.25) is 0 Å². The number of aromatic carboxylic acids is 1. The molecule has 0 saturated carbocycles. The normalized spacial score (nSPS) is 10.4. The lowest BCUT2D eigenvalue weighted by Gasteiger charge is -2.10. The first-order valence-electron chi connectivity index (χ1n) is 5.03. The van der Waals surface area contributed by atoms with Crippen LogP contribution < -0.4 is 5.32 Å². The number of rotatable bonds is 6. The van der Waals surface area contributed by atoms with E-state index in [2.05, 4.69) is 20.2 Å². The van der Waals surface area contributed by atoms with Gasteiger partial charge in [0.25, 0.3) is 0 Å². The quantitative estimate of drug-likeness (QED) is 0.687. The molecule has 0 spiro atoms. The Morgan fingerprint density at radius 2 is 2.31 bits per heavy atom. The van der Waals surface area contributed by atoms with Crippen molar-refractivity contribution in [3.05, 3.63) is 18.1 Å². The molecular formula is C10H16N4O2. The Bertz CT molecular complexity index is 354. The zero-order valence-corrected chi connectivity index (χ0v) is 9.47. The van der Waals surface area contributed by atoms with Gasteiger partial charge in [-0.3, -0.25) is 0 Å². The molecule has 0 fully saturated rings. The number of carbonyl (C=O) groups is 1. The number of carboxylic acid groups (broad SMARTS) is 1. The number of hydrogen-bond donors (Lipinski definition) is 2. The van der Waals surface area contributed by atoms with Gasteiger partial charge in [-0.15, -0.1) is 0 Å². The number of nitrogens with zero attached hydrogens (tertiary/aromatic N) is 3. The summed E-state index contributed by atoms with van der Waals surface area (Å²) in [4.78, 5) is 20.5. The number of carboxylic acids is 1. The lowest BCUT2D eigenvalue weighted by atomic mass is 10.3. The Kier molecular flexibility index (Phi) is 4.65. The van der Waals surface area contributed by atoms with E-state index >= 15 is 0 Å². The van der Waals surface area contributed by atoms with E-state index in [4.69, 9.17) is 5.11 Å². The fraction of sp³-hybridized carbons (Fsp3) is 0.500. The van der Waals surface area contributed by atoms with Crippen LogP contribution >= 0.6 is 0 Å². The summed E-state index contributed by atoms with van der Waals surface area (Å²) in [5.74, 6) is -0.642. The molecule has 2 N–H and O–H groups in total. The first-order valence-corrected chi connectivity index (χ1v) is 5.03. The van der Waals surface area contributed by atoms with Crippen molar-refractivity contribution >= 4 is 11.8 Å². The predicted molar refractivity (Wildman–Crippen MR) is 60.7 cm³/mol. The second kappa shape index (κ2) is 6.02. The lowest BCUT2D eigenvalue weighted by Crippen LogP contribution is -2.17. The number of nitrogens with one attached hydrogen (secondary N) is 1. The summed E-state index contributed by atoms with van der Waals surface area (Å²) in [5.41, 5.74) is 0.104. The highest BCUT2D eigenvalue weighted by Gasteiger charge is 2.10. The van der Waals surface area contributed by atoms with Crippen LogP contribution in [0.15, 0.2) is 12.5 Å². The fourth-order valence-corrected chi connectivity index (χ4v) is 1.23. The van der Waals surface area contributed by atoms with Gasteiger partial charge in [0.05, 0.1) is 0 Å². The summed E-state index contributed by atoms with van der Waals surface area (Å²) >= 11 is 0. The Hall–Kier alpha value is -1.69. The molecule has 0 bridgehead atoms. The summed E-state index contributed by atoms with van der Waals surface area (Å²) in [6.07, 6.45) is 3.56. The average molecular weight is 224 g/mol. The van der Waals surface area contributed by atoms with Gasteiger partial charge in [0.1, 0.15) is 17.7 Å². The summed E-state index contributed by atoms with van der Waals surface area (Å²) in [6.45, 7) is 1.63. The van der Waals surface area contributed by atoms with Crippen LogP contribution in [0.25, 0.3) is 0 Å². The monoisotopic (exact) mass is 224 g/mol. The molecule has 1 aromatic rings. The van der Waals surface area contributed by atoms with Crippen LogP contribution in [0.5, 0.6) is 0 Å². The SMILES string of the molecule is CN(C)CCCNc1ncncc1C(=O)O. The molecule has 1 rings (SSSR count). The topological polar surface area (TPSA) is 78.3 Å². The van der Waals surface area contributed by atoms with Gasteiger partial charge >= 0.3 is 5.97 Å². The van der Waals surface area contributed by atoms with E-state index < -0.39 is 5.97 Å². The molecule has 0 saturated heterocycles. The van der Waals surface area contributed by atoms with Gasteiger partial charge in [-0.05, 0) is 27.1 Å². The van der Waals surface area contributed by atoms with Crippen LogP contribution in [0, 0.1) is 0 Å². The molecule has 0 aliphatic rings. The molecule has 16 heavy (non-hydrogen) atoms.